The van der Waals surface area contributed by atoms with Crippen molar-refractivity contribution >= 4 is 40.0 Å². The van der Waals surface area contributed by atoms with Crippen molar-refractivity contribution in [2.45, 2.75) is 49.3 Å². The number of H-pyrrole nitrogens is 1. The van der Waals surface area contributed by atoms with Crippen molar-refractivity contribution in [2.75, 3.05) is 19.5 Å². The Morgan fingerprint density at radius 2 is 1.91 bits per heavy atom. The standard InChI is InChI=1S/C23H25N3O6S2/c1-13(33-21-23(29)32-25-26(21)14-9-11-15(30-2)12-10-14)19(27)24-20-18(22(28)31-3)16-7-5-4-6-8-17(16)34-20/h9-13H,4-8H2,1-3H3,(H-,24,25,27,28,29)/p+1. The number of carbonyl (C=O) groups is 2. The average Bonchev–Trinajstić information content (AvgIpc) is 3.28. The predicted molar refractivity (Wildman–Crippen MR) is 128 cm³/mol. The number of ether oxygens (including phenoxy) is 2. The number of methoxy groups -OCH3 is 2. The minimum atomic E-state index is -0.643. The molecule has 0 saturated carbocycles. The number of fused-ring (bicyclic) bond motifs is 1. The summed E-state index contributed by atoms with van der Waals surface area (Å²) in [5.74, 6) is -0.0972. The smallest absolute Gasteiger partial charge is 0.442 e. The lowest BCUT2D eigenvalue weighted by atomic mass is 10.1. The number of anilines is 1. The number of amides is 1. The van der Waals surface area contributed by atoms with Crippen LogP contribution in [0.2, 0.25) is 0 Å². The monoisotopic (exact) mass is 504 g/mol. The topological polar surface area (TPSA) is 115 Å². The molecule has 0 spiro atoms. The maximum absolute atomic E-state index is 13.1. The number of benzene rings is 1. The lowest BCUT2D eigenvalue weighted by molar-refractivity contribution is -0.704. The quantitative estimate of drug-likeness (QED) is 0.219. The van der Waals surface area contributed by atoms with Crippen molar-refractivity contribution in [3.63, 3.8) is 0 Å². The second-order valence-electron chi connectivity index (χ2n) is 7.83. The molecule has 11 heteroatoms. The first kappa shape index (κ1) is 24.1. The molecule has 1 amide bonds. The van der Waals surface area contributed by atoms with E-state index in [1.54, 1.807) is 38.3 Å². The number of aryl methyl sites for hydroxylation is 1. The molecule has 4 rings (SSSR count). The fourth-order valence-corrected chi connectivity index (χ4v) is 6.02. The number of rotatable bonds is 7. The van der Waals surface area contributed by atoms with Crippen molar-refractivity contribution in [1.82, 2.24) is 5.27 Å². The number of thioether (sulfide) groups is 1. The zero-order valence-corrected chi connectivity index (χ0v) is 20.8. The third-order valence-corrected chi connectivity index (χ3v) is 7.99. The molecule has 2 N–H and O–H groups in total. The van der Waals surface area contributed by atoms with E-state index >= 15 is 0 Å². The molecule has 0 saturated heterocycles. The summed E-state index contributed by atoms with van der Waals surface area (Å²) in [5, 5.41) is 5.55. The zero-order valence-electron chi connectivity index (χ0n) is 19.1. The van der Waals surface area contributed by atoms with Crippen LogP contribution in [0, 0.1) is 0 Å². The number of aromatic nitrogens is 2. The van der Waals surface area contributed by atoms with Gasteiger partial charge in [-0.05, 0) is 72.0 Å². The van der Waals surface area contributed by atoms with Gasteiger partial charge in [0.15, 0.2) is 0 Å². The molecule has 0 bridgehead atoms. The molecule has 0 fully saturated rings. The van der Waals surface area contributed by atoms with Gasteiger partial charge in [-0.1, -0.05) is 6.42 Å². The summed E-state index contributed by atoms with van der Waals surface area (Å²) in [4.78, 5) is 39.1. The first-order chi connectivity index (χ1) is 16.4. The van der Waals surface area contributed by atoms with E-state index < -0.39 is 16.8 Å². The van der Waals surface area contributed by atoms with E-state index in [0.29, 0.717) is 22.0 Å². The van der Waals surface area contributed by atoms with Gasteiger partial charge in [-0.2, -0.15) is 0 Å². The second kappa shape index (κ2) is 10.5. The Hall–Kier alpha value is -3.05. The van der Waals surface area contributed by atoms with E-state index in [9.17, 15) is 14.4 Å². The highest BCUT2D eigenvalue weighted by Gasteiger charge is 2.31. The Morgan fingerprint density at radius 1 is 1.18 bits per heavy atom. The minimum absolute atomic E-state index is 0.225. The lowest BCUT2D eigenvalue weighted by Gasteiger charge is -2.10. The van der Waals surface area contributed by atoms with Crippen LogP contribution in [0.4, 0.5) is 5.00 Å². The number of thiophene rings is 1. The van der Waals surface area contributed by atoms with Gasteiger partial charge in [0.2, 0.25) is 11.6 Å². The van der Waals surface area contributed by atoms with Crippen molar-refractivity contribution < 1.29 is 28.3 Å². The number of esters is 1. The maximum Gasteiger partial charge on any atom is 0.442 e. The van der Waals surface area contributed by atoms with Gasteiger partial charge in [0.05, 0.1) is 25.0 Å². The van der Waals surface area contributed by atoms with E-state index in [1.165, 1.54) is 23.1 Å². The maximum atomic E-state index is 13.1. The summed E-state index contributed by atoms with van der Waals surface area (Å²) in [6.07, 6.45) is 4.86. The van der Waals surface area contributed by atoms with Crippen LogP contribution < -0.4 is 20.4 Å². The normalized spacial score (nSPS) is 14.1. The molecular formula is C23H26N3O6S2+. The summed E-state index contributed by atoms with van der Waals surface area (Å²) in [6, 6.07) is 7.04. The Labute approximate surface area is 204 Å². The van der Waals surface area contributed by atoms with Gasteiger partial charge in [-0.3, -0.25) is 9.32 Å². The molecule has 1 aliphatic carbocycles. The summed E-state index contributed by atoms with van der Waals surface area (Å²) >= 11 is 2.50. The highest BCUT2D eigenvalue weighted by molar-refractivity contribution is 8.00. The number of aromatic amines is 1. The Balaban J connectivity index is 1.55. The molecule has 1 aromatic carbocycles. The molecule has 180 valence electrons. The van der Waals surface area contributed by atoms with Crippen molar-refractivity contribution in [1.29, 1.82) is 0 Å². The first-order valence-electron chi connectivity index (χ1n) is 10.9. The van der Waals surface area contributed by atoms with Crippen LogP contribution in [0.1, 0.15) is 47.0 Å². The summed E-state index contributed by atoms with van der Waals surface area (Å²) in [5.41, 5.74) is 1.49. The molecule has 0 radical (unpaired) electrons. The molecule has 1 atom stereocenters. The third-order valence-electron chi connectivity index (χ3n) is 5.64. The number of nitrogens with zero attached hydrogens (tertiary/aromatic N) is 1. The van der Waals surface area contributed by atoms with Crippen molar-refractivity contribution in [3.8, 4) is 11.4 Å². The van der Waals surface area contributed by atoms with E-state index in [1.807, 2.05) is 0 Å². The summed E-state index contributed by atoms with van der Waals surface area (Å²) < 4.78 is 16.6. The zero-order chi connectivity index (χ0) is 24.2. The third kappa shape index (κ3) is 4.90. The molecule has 34 heavy (non-hydrogen) atoms. The fraction of sp³-hybridized carbons (Fsp3) is 0.391. The molecule has 3 aromatic rings. The van der Waals surface area contributed by atoms with Gasteiger partial charge in [0.25, 0.3) is 0 Å². The van der Waals surface area contributed by atoms with Gasteiger partial charge in [0, 0.05) is 17.0 Å². The van der Waals surface area contributed by atoms with Crippen molar-refractivity contribution in [2.24, 2.45) is 0 Å². The molecule has 1 aliphatic rings. The van der Waals surface area contributed by atoms with E-state index in [0.717, 1.165) is 54.3 Å². The molecule has 2 heterocycles. The number of nitrogens with one attached hydrogen (secondary N) is 2. The summed E-state index contributed by atoms with van der Waals surface area (Å²) in [7, 11) is 2.91. The molecular weight excluding hydrogens is 478 g/mol. The van der Waals surface area contributed by atoms with Crippen LogP contribution in [0.25, 0.3) is 5.69 Å². The van der Waals surface area contributed by atoms with Crippen molar-refractivity contribution in [3.05, 3.63) is 50.7 Å². The van der Waals surface area contributed by atoms with Gasteiger partial charge < -0.3 is 14.8 Å². The molecule has 0 aliphatic heterocycles. The second-order valence-corrected chi connectivity index (χ2v) is 10.3. The van der Waals surface area contributed by atoms with Crippen LogP contribution in [-0.4, -0.2) is 36.6 Å². The number of hydrogen-bond donors (Lipinski definition) is 2. The molecule has 1 unspecified atom stereocenters. The van der Waals surface area contributed by atoms with E-state index in [4.69, 9.17) is 14.0 Å². The van der Waals surface area contributed by atoms with Crippen LogP contribution >= 0.6 is 23.1 Å². The summed E-state index contributed by atoms with van der Waals surface area (Å²) in [6.45, 7) is 1.70. The van der Waals surface area contributed by atoms with Gasteiger partial charge in [-0.25, -0.2) is 9.59 Å². The van der Waals surface area contributed by atoms with Crippen LogP contribution in [0.15, 0.2) is 38.6 Å². The molecule has 2 aromatic heterocycles. The fourth-order valence-electron chi connectivity index (χ4n) is 3.85. The van der Waals surface area contributed by atoms with Crippen LogP contribution in [0.3, 0.4) is 0 Å². The predicted octanol–water partition coefficient (Wildman–Crippen LogP) is 3.49. The SMILES string of the molecule is COC(=O)c1c(NC(=O)C(C)Sc2c(=O)o[nH][n+]2-c2ccc(OC)cc2)sc2c1CCCCC2. The minimum Gasteiger partial charge on any atom is -0.497 e. The van der Waals surface area contributed by atoms with Gasteiger partial charge in [-0.15, -0.1) is 11.3 Å². The highest BCUT2D eigenvalue weighted by atomic mass is 32.2. The average molecular weight is 505 g/mol. The first-order valence-corrected chi connectivity index (χ1v) is 12.6. The van der Waals surface area contributed by atoms with Crippen LogP contribution in [-0.2, 0) is 22.4 Å². The number of carbonyl (C=O) groups excluding carboxylic acids is 2. The largest absolute Gasteiger partial charge is 0.497 e. The number of hydrogen-bond acceptors (Lipinski definition) is 8. The highest BCUT2D eigenvalue weighted by Crippen LogP contribution is 2.38. The van der Waals surface area contributed by atoms with E-state index in [-0.39, 0.29) is 10.9 Å². The van der Waals surface area contributed by atoms with E-state index in [2.05, 4.69) is 10.6 Å². The Bertz CT molecular complexity index is 1240. The lowest BCUT2D eigenvalue weighted by Crippen LogP contribution is -2.37. The Morgan fingerprint density at radius 3 is 2.62 bits per heavy atom. The van der Waals surface area contributed by atoms with Crippen LogP contribution in [0.5, 0.6) is 5.75 Å². The molecule has 9 nitrogen and oxygen atoms in total. The van der Waals surface area contributed by atoms with Gasteiger partial charge in [0.1, 0.15) is 10.8 Å². The van der Waals surface area contributed by atoms with Gasteiger partial charge >= 0.3 is 16.6 Å². The Kier molecular flexibility index (Phi) is 7.42.